The van der Waals surface area contributed by atoms with Crippen LogP contribution in [0.2, 0.25) is 0 Å². The van der Waals surface area contributed by atoms with Gasteiger partial charge in [0, 0.05) is 13.0 Å². The van der Waals surface area contributed by atoms with Gasteiger partial charge in [0.15, 0.2) is 0 Å². The minimum absolute atomic E-state index is 0.00373. The summed E-state index contributed by atoms with van der Waals surface area (Å²) >= 11 is 0. The van der Waals surface area contributed by atoms with E-state index in [4.69, 9.17) is 0 Å². The Morgan fingerprint density at radius 2 is 1.74 bits per heavy atom. The molecule has 0 spiro atoms. The zero-order valence-corrected chi connectivity index (χ0v) is 12.0. The molecular weight excluding hydrogens is 242 g/mol. The number of carboxylic acids is 1. The summed E-state index contributed by atoms with van der Waals surface area (Å²) in [6, 6.07) is 0. The fourth-order valence-electron chi connectivity index (χ4n) is 2.76. The fourth-order valence-corrected chi connectivity index (χ4v) is 2.76. The monoisotopic (exact) mass is 269 g/mol. The second-order valence-electron chi connectivity index (χ2n) is 5.73. The van der Waals surface area contributed by atoms with Crippen molar-refractivity contribution in [2.24, 2.45) is 5.41 Å². The van der Waals surface area contributed by atoms with Gasteiger partial charge in [-0.1, -0.05) is 45.4 Å². The van der Waals surface area contributed by atoms with Crippen molar-refractivity contribution in [1.29, 1.82) is 0 Å². The second-order valence-corrected chi connectivity index (χ2v) is 5.73. The number of hydrogen-bond acceptors (Lipinski definition) is 2. The summed E-state index contributed by atoms with van der Waals surface area (Å²) in [5, 5.41) is 12.1. The average Bonchev–Trinajstić information content (AvgIpc) is 2.86. The molecule has 1 amide bonds. The number of aliphatic carboxylic acids is 1. The normalized spacial score (nSPS) is 17.3. The third-order valence-corrected chi connectivity index (χ3v) is 4.15. The first-order chi connectivity index (χ1) is 9.10. The lowest BCUT2D eigenvalue weighted by atomic mass is 9.86. The Balaban J connectivity index is 2.20. The number of carbonyl (C=O) groups excluding carboxylic acids is 1. The summed E-state index contributed by atoms with van der Waals surface area (Å²) in [5.41, 5.74) is -0.697. The van der Waals surface area contributed by atoms with E-state index in [0.717, 1.165) is 25.7 Å². The van der Waals surface area contributed by atoms with Gasteiger partial charge in [-0.15, -0.1) is 0 Å². The van der Waals surface area contributed by atoms with Gasteiger partial charge in [0.05, 0.1) is 5.41 Å². The fraction of sp³-hybridized carbons (Fsp3) is 0.867. The van der Waals surface area contributed by atoms with Gasteiger partial charge in [-0.05, 0) is 19.3 Å². The van der Waals surface area contributed by atoms with Crippen molar-refractivity contribution in [1.82, 2.24) is 5.32 Å². The maximum Gasteiger partial charge on any atom is 0.311 e. The predicted molar refractivity (Wildman–Crippen MR) is 74.9 cm³/mol. The van der Waals surface area contributed by atoms with Crippen LogP contribution in [0.4, 0.5) is 0 Å². The molecule has 0 aliphatic heterocycles. The third kappa shape index (κ3) is 5.21. The lowest BCUT2D eigenvalue weighted by molar-refractivity contribution is -0.148. The molecule has 0 radical (unpaired) electrons. The highest BCUT2D eigenvalue weighted by Gasteiger charge is 2.41. The van der Waals surface area contributed by atoms with Crippen molar-refractivity contribution in [3.8, 4) is 0 Å². The zero-order chi connectivity index (χ0) is 14.1. The molecule has 1 saturated carbocycles. The molecule has 1 fully saturated rings. The van der Waals surface area contributed by atoms with E-state index >= 15 is 0 Å². The molecule has 0 aromatic carbocycles. The van der Waals surface area contributed by atoms with Crippen molar-refractivity contribution in [3.05, 3.63) is 0 Å². The van der Waals surface area contributed by atoms with Crippen LogP contribution in [-0.4, -0.2) is 23.5 Å². The Bertz CT molecular complexity index is 296. The summed E-state index contributed by atoms with van der Waals surface area (Å²) in [6.45, 7) is 2.47. The van der Waals surface area contributed by atoms with Gasteiger partial charge in [-0.25, -0.2) is 0 Å². The van der Waals surface area contributed by atoms with E-state index in [1.807, 2.05) is 0 Å². The smallest absolute Gasteiger partial charge is 0.311 e. The number of rotatable bonds is 9. The maximum absolute atomic E-state index is 11.7. The number of carbonyl (C=O) groups is 2. The van der Waals surface area contributed by atoms with E-state index in [1.54, 1.807) is 0 Å². The van der Waals surface area contributed by atoms with Crippen LogP contribution in [0, 0.1) is 5.41 Å². The summed E-state index contributed by atoms with van der Waals surface area (Å²) in [7, 11) is 0. The van der Waals surface area contributed by atoms with E-state index in [-0.39, 0.29) is 5.91 Å². The summed E-state index contributed by atoms with van der Waals surface area (Å²) in [4.78, 5) is 23.0. The SMILES string of the molecule is CCCCCCCC(=O)NCC1(C(=O)O)CCCC1. The molecule has 0 saturated heterocycles. The predicted octanol–water partition coefficient (Wildman–Crippen LogP) is 3.11. The van der Waals surface area contributed by atoms with E-state index in [2.05, 4.69) is 12.2 Å². The van der Waals surface area contributed by atoms with Crippen molar-refractivity contribution >= 4 is 11.9 Å². The first-order valence-corrected chi connectivity index (χ1v) is 7.61. The van der Waals surface area contributed by atoms with Gasteiger partial charge in [0.2, 0.25) is 5.91 Å². The lowest BCUT2D eigenvalue weighted by Crippen LogP contribution is -2.41. The first kappa shape index (κ1) is 16.0. The first-order valence-electron chi connectivity index (χ1n) is 7.61. The van der Waals surface area contributed by atoms with Crippen LogP contribution in [0.3, 0.4) is 0 Å². The molecule has 19 heavy (non-hydrogen) atoms. The topological polar surface area (TPSA) is 66.4 Å². The van der Waals surface area contributed by atoms with Crippen molar-refractivity contribution in [2.45, 2.75) is 71.1 Å². The van der Waals surface area contributed by atoms with Crippen molar-refractivity contribution in [3.63, 3.8) is 0 Å². The van der Waals surface area contributed by atoms with Crippen LogP contribution in [0.25, 0.3) is 0 Å². The van der Waals surface area contributed by atoms with Gasteiger partial charge >= 0.3 is 5.97 Å². The molecule has 1 aliphatic carbocycles. The molecule has 0 aromatic rings. The molecule has 1 aliphatic rings. The molecule has 0 unspecified atom stereocenters. The minimum Gasteiger partial charge on any atom is -0.481 e. The Labute approximate surface area is 116 Å². The highest BCUT2D eigenvalue weighted by Crippen LogP contribution is 2.37. The molecule has 4 nitrogen and oxygen atoms in total. The summed E-state index contributed by atoms with van der Waals surface area (Å²) < 4.78 is 0. The Morgan fingerprint density at radius 1 is 1.11 bits per heavy atom. The van der Waals surface area contributed by atoms with E-state index in [9.17, 15) is 14.7 Å². The quantitative estimate of drug-likeness (QED) is 0.632. The molecule has 0 bridgehead atoms. The Kier molecular flexibility index (Phi) is 6.89. The lowest BCUT2D eigenvalue weighted by Gasteiger charge is -2.23. The molecule has 0 atom stereocenters. The van der Waals surface area contributed by atoms with Crippen molar-refractivity contribution < 1.29 is 14.7 Å². The van der Waals surface area contributed by atoms with Gasteiger partial charge < -0.3 is 10.4 Å². The Morgan fingerprint density at radius 3 is 2.32 bits per heavy atom. The summed E-state index contributed by atoms with van der Waals surface area (Å²) in [6.07, 6.45) is 9.44. The second kappa shape index (κ2) is 8.18. The number of nitrogens with one attached hydrogen (secondary N) is 1. The van der Waals surface area contributed by atoms with Crippen LogP contribution in [0.5, 0.6) is 0 Å². The van der Waals surface area contributed by atoms with Crippen LogP contribution in [0.15, 0.2) is 0 Å². The van der Waals surface area contributed by atoms with E-state index < -0.39 is 11.4 Å². The van der Waals surface area contributed by atoms with Gasteiger partial charge in [-0.3, -0.25) is 9.59 Å². The van der Waals surface area contributed by atoms with E-state index in [0.29, 0.717) is 25.8 Å². The Hall–Kier alpha value is -1.06. The number of unbranched alkanes of at least 4 members (excludes halogenated alkanes) is 4. The van der Waals surface area contributed by atoms with Crippen molar-refractivity contribution in [2.75, 3.05) is 6.54 Å². The third-order valence-electron chi connectivity index (χ3n) is 4.15. The molecule has 0 heterocycles. The van der Waals surface area contributed by atoms with Crippen LogP contribution < -0.4 is 5.32 Å². The number of amides is 1. The van der Waals surface area contributed by atoms with Crippen LogP contribution in [-0.2, 0) is 9.59 Å². The molecule has 1 rings (SSSR count). The zero-order valence-electron chi connectivity index (χ0n) is 12.0. The highest BCUT2D eigenvalue weighted by atomic mass is 16.4. The largest absolute Gasteiger partial charge is 0.481 e. The van der Waals surface area contributed by atoms with Gasteiger partial charge in [0.25, 0.3) is 0 Å². The highest BCUT2D eigenvalue weighted by molar-refractivity contribution is 5.79. The minimum atomic E-state index is -0.756. The van der Waals surface area contributed by atoms with Gasteiger partial charge in [-0.2, -0.15) is 0 Å². The van der Waals surface area contributed by atoms with Gasteiger partial charge in [0.1, 0.15) is 0 Å². The van der Waals surface area contributed by atoms with Crippen LogP contribution >= 0.6 is 0 Å². The molecule has 4 heteroatoms. The summed E-state index contributed by atoms with van der Waals surface area (Å²) in [5.74, 6) is -0.753. The molecule has 110 valence electrons. The van der Waals surface area contributed by atoms with Crippen LogP contribution in [0.1, 0.15) is 71.1 Å². The van der Waals surface area contributed by atoms with E-state index in [1.165, 1.54) is 19.3 Å². The molecule has 0 aromatic heterocycles. The standard InChI is InChI=1S/C15H27NO3/c1-2-3-4-5-6-9-13(17)16-12-15(14(18)19)10-7-8-11-15/h2-12H2,1H3,(H,16,17)(H,18,19). The molecular formula is C15H27NO3. The number of carboxylic acid groups (broad SMARTS) is 1. The number of hydrogen-bond donors (Lipinski definition) is 2. The average molecular weight is 269 g/mol. The maximum atomic E-state index is 11.7. The molecule has 2 N–H and O–H groups in total.